The number of hydrogen-bond acceptors (Lipinski definition) is 0. The van der Waals surface area contributed by atoms with Crippen molar-refractivity contribution in [2.24, 2.45) is 17.8 Å². The van der Waals surface area contributed by atoms with Crippen LogP contribution < -0.4 is 0 Å². The summed E-state index contributed by atoms with van der Waals surface area (Å²) in [7, 11) is 5.59. The third-order valence-corrected chi connectivity index (χ3v) is 2.41. The van der Waals surface area contributed by atoms with Crippen LogP contribution in [-0.4, -0.2) is 7.85 Å². The van der Waals surface area contributed by atoms with Crippen molar-refractivity contribution in [3.05, 3.63) is 23.7 Å². The molecular weight excluding hydrogens is 107 g/mol. The van der Waals surface area contributed by atoms with E-state index in [9.17, 15) is 0 Å². The molecule has 0 aromatic rings. The number of allylic oxidation sites excluding steroid dienone is 4. The summed E-state index contributed by atoms with van der Waals surface area (Å²) < 4.78 is 0. The molecule has 9 heavy (non-hydrogen) atoms. The fourth-order valence-electron chi connectivity index (χ4n) is 1.59. The van der Waals surface area contributed by atoms with Gasteiger partial charge < -0.3 is 0 Å². The average molecular weight is 116 g/mol. The highest BCUT2D eigenvalue weighted by Crippen LogP contribution is 2.50. The van der Waals surface area contributed by atoms with Crippen molar-refractivity contribution in [2.75, 3.05) is 0 Å². The highest BCUT2D eigenvalue weighted by Gasteiger charge is 2.43. The molecule has 0 nitrogen and oxygen atoms in total. The molecule has 2 rings (SSSR count). The molecule has 0 bridgehead atoms. The largest absolute Gasteiger partial charge is 0.113 e. The maximum absolute atomic E-state index is 5.59. The van der Waals surface area contributed by atoms with E-state index >= 15 is 0 Å². The van der Waals surface area contributed by atoms with Crippen molar-refractivity contribution in [1.29, 1.82) is 0 Å². The smallest absolute Gasteiger partial charge is 0.101 e. The lowest BCUT2D eigenvalue weighted by atomic mass is 9.91. The first-order valence-corrected chi connectivity index (χ1v) is 3.44. The summed E-state index contributed by atoms with van der Waals surface area (Å²) in [6.45, 7) is 2.27. The second-order valence-corrected chi connectivity index (χ2v) is 3.04. The Morgan fingerprint density at radius 2 is 2.22 bits per heavy atom. The van der Waals surface area contributed by atoms with Crippen LogP contribution in [0.25, 0.3) is 0 Å². The van der Waals surface area contributed by atoms with Crippen LogP contribution in [0.2, 0.25) is 0 Å². The SMILES string of the molecule is [B]C1=CC2C(C)[C@@H]2C=C1. The van der Waals surface area contributed by atoms with Crippen LogP contribution in [0.15, 0.2) is 23.7 Å². The van der Waals surface area contributed by atoms with E-state index in [1.54, 1.807) is 0 Å². The zero-order valence-electron chi connectivity index (χ0n) is 5.54. The minimum atomic E-state index is 0.773. The second kappa shape index (κ2) is 1.53. The van der Waals surface area contributed by atoms with Crippen molar-refractivity contribution in [3.8, 4) is 0 Å². The Morgan fingerprint density at radius 3 is 2.78 bits per heavy atom. The lowest BCUT2D eigenvalue weighted by Crippen LogP contribution is -1.85. The Hall–Kier alpha value is -0.455. The lowest BCUT2D eigenvalue weighted by molar-refractivity contribution is 0.885. The Balaban J connectivity index is 2.24. The first-order chi connectivity index (χ1) is 4.29. The molecule has 2 unspecified atom stereocenters. The van der Waals surface area contributed by atoms with Crippen LogP contribution in [0.5, 0.6) is 0 Å². The minimum Gasteiger partial charge on any atom is -0.101 e. The van der Waals surface area contributed by atoms with Crippen LogP contribution in [0, 0.1) is 17.8 Å². The van der Waals surface area contributed by atoms with Gasteiger partial charge in [0.1, 0.15) is 7.85 Å². The second-order valence-electron chi connectivity index (χ2n) is 3.04. The number of rotatable bonds is 0. The van der Waals surface area contributed by atoms with Gasteiger partial charge in [0, 0.05) is 0 Å². The Morgan fingerprint density at radius 1 is 1.44 bits per heavy atom. The number of fused-ring (bicyclic) bond motifs is 1. The summed E-state index contributed by atoms with van der Waals surface area (Å²) in [5, 5.41) is 0. The third-order valence-electron chi connectivity index (χ3n) is 2.41. The van der Waals surface area contributed by atoms with E-state index in [1.165, 1.54) is 0 Å². The Labute approximate surface area is 57.1 Å². The highest BCUT2D eigenvalue weighted by atomic mass is 14.5. The molecule has 44 valence electrons. The zero-order chi connectivity index (χ0) is 6.43. The summed E-state index contributed by atoms with van der Waals surface area (Å²) in [4.78, 5) is 0. The molecule has 0 heterocycles. The molecule has 0 aliphatic heterocycles. The van der Waals surface area contributed by atoms with Crippen molar-refractivity contribution in [2.45, 2.75) is 6.92 Å². The Kier molecular flexibility index (Phi) is 0.906. The number of hydrogen-bond donors (Lipinski definition) is 0. The molecule has 2 radical (unpaired) electrons. The third kappa shape index (κ3) is 0.675. The standard InChI is InChI=1S/C8H9B/c1-5-7-3-2-6(9)4-8(5)7/h2-5,7-8H,1H3/t5?,7-,8?/m0/s1. The van der Waals surface area contributed by atoms with Crippen LogP contribution in [0.3, 0.4) is 0 Å². The van der Waals surface area contributed by atoms with Crippen LogP contribution in [0.4, 0.5) is 0 Å². The minimum absolute atomic E-state index is 0.773. The van der Waals surface area contributed by atoms with Gasteiger partial charge in [0.05, 0.1) is 0 Å². The molecule has 0 spiro atoms. The van der Waals surface area contributed by atoms with Gasteiger partial charge in [-0.25, -0.2) is 0 Å². The molecule has 0 saturated heterocycles. The van der Waals surface area contributed by atoms with Gasteiger partial charge in [-0.2, -0.15) is 0 Å². The predicted molar refractivity (Wildman–Crippen MR) is 39.1 cm³/mol. The van der Waals surface area contributed by atoms with E-state index in [1.807, 2.05) is 6.08 Å². The Bertz CT molecular complexity index is 191. The van der Waals surface area contributed by atoms with Gasteiger partial charge in [0.15, 0.2) is 0 Å². The molecule has 2 aliphatic rings. The van der Waals surface area contributed by atoms with Crippen LogP contribution in [-0.2, 0) is 0 Å². The van der Waals surface area contributed by atoms with Gasteiger partial charge in [-0.15, -0.1) is 5.47 Å². The van der Waals surface area contributed by atoms with Gasteiger partial charge in [-0.3, -0.25) is 0 Å². The van der Waals surface area contributed by atoms with Gasteiger partial charge >= 0.3 is 0 Å². The molecule has 3 atom stereocenters. The molecule has 0 amide bonds. The molecule has 0 aromatic heterocycles. The summed E-state index contributed by atoms with van der Waals surface area (Å²) in [6, 6.07) is 0. The molecular formula is C8H9B. The van der Waals surface area contributed by atoms with E-state index in [2.05, 4.69) is 19.1 Å². The van der Waals surface area contributed by atoms with Gasteiger partial charge in [-0.05, 0) is 17.8 Å². The van der Waals surface area contributed by atoms with E-state index < -0.39 is 0 Å². The van der Waals surface area contributed by atoms with Crippen molar-refractivity contribution < 1.29 is 0 Å². The van der Waals surface area contributed by atoms with Crippen LogP contribution >= 0.6 is 0 Å². The topological polar surface area (TPSA) is 0 Å². The summed E-state index contributed by atoms with van der Waals surface area (Å²) >= 11 is 0. The van der Waals surface area contributed by atoms with E-state index in [0.717, 1.165) is 23.2 Å². The van der Waals surface area contributed by atoms with E-state index in [-0.39, 0.29) is 0 Å². The molecule has 2 aliphatic carbocycles. The first-order valence-electron chi connectivity index (χ1n) is 3.44. The lowest BCUT2D eigenvalue weighted by Gasteiger charge is -1.96. The highest BCUT2D eigenvalue weighted by molar-refractivity contribution is 6.23. The molecule has 0 aromatic carbocycles. The molecule has 1 heteroatoms. The maximum Gasteiger partial charge on any atom is 0.113 e. The first kappa shape index (κ1) is 5.34. The van der Waals surface area contributed by atoms with Crippen molar-refractivity contribution in [1.82, 2.24) is 0 Å². The fourth-order valence-corrected chi connectivity index (χ4v) is 1.59. The van der Waals surface area contributed by atoms with E-state index in [4.69, 9.17) is 7.85 Å². The quantitative estimate of drug-likeness (QED) is 0.420. The molecule has 0 N–H and O–H groups in total. The van der Waals surface area contributed by atoms with Gasteiger partial charge in [0.25, 0.3) is 0 Å². The molecule has 1 saturated carbocycles. The average Bonchev–Trinajstić information content (AvgIpc) is 2.43. The van der Waals surface area contributed by atoms with Crippen molar-refractivity contribution in [3.63, 3.8) is 0 Å². The summed E-state index contributed by atoms with van der Waals surface area (Å²) in [5.74, 6) is 2.44. The zero-order valence-corrected chi connectivity index (χ0v) is 5.54. The van der Waals surface area contributed by atoms with Gasteiger partial charge in [0.2, 0.25) is 0 Å². The van der Waals surface area contributed by atoms with Crippen molar-refractivity contribution >= 4 is 7.85 Å². The normalized spacial score (nSPS) is 45.9. The van der Waals surface area contributed by atoms with Gasteiger partial charge in [-0.1, -0.05) is 25.2 Å². The fraction of sp³-hybridized carbons (Fsp3) is 0.500. The summed E-state index contributed by atoms with van der Waals surface area (Å²) in [5.41, 5.74) is 0.945. The predicted octanol–water partition coefficient (Wildman–Crippen LogP) is 1.49. The van der Waals surface area contributed by atoms with E-state index in [0.29, 0.717) is 0 Å². The summed E-state index contributed by atoms with van der Waals surface area (Å²) in [6.07, 6.45) is 6.42. The maximum atomic E-state index is 5.59. The molecule has 1 fully saturated rings. The monoisotopic (exact) mass is 116 g/mol. The van der Waals surface area contributed by atoms with Crippen LogP contribution in [0.1, 0.15) is 6.92 Å².